The van der Waals surface area contributed by atoms with Crippen LogP contribution in [-0.4, -0.2) is 9.55 Å². The lowest BCUT2D eigenvalue weighted by atomic mass is 10.1. The van der Waals surface area contributed by atoms with Gasteiger partial charge >= 0.3 is 0 Å². The number of oxazole rings is 1. The van der Waals surface area contributed by atoms with Gasteiger partial charge in [-0.05, 0) is 25.5 Å². The van der Waals surface area contributed by atoms with Gasteiger partial charge in [0.15, 0.2) is 0 Å². The molecule has 0 spiro atoms. The summed E-state index contributed by atoms with van der Waals surface area (Å²) < 4.78 is 7.71. The minimum atomic E-state index is 0.648. The van der Waals surface area contributed by atoms with Crippen LogP contribution in [0.15, 0.2) is 34.9 Å². The first-order valence-corrected chi connectivity index (χ1v) is 6.81. The Morgan fingerprint density at radius 1 is 1.20 bits per heavy atom. The Bertz CT molecular complexity index is 700. The van der Waals surface area contributed by atoms with Crippen LogP contribution in [0.3, 0.4) is 0 Å². The summed E-state index contributed by atoms with van der Waals surface area (Å²) in [6, 6.07) is 8.49. The van der Waals surface area contributed by atoms with Crippen molar-refractivity contribution in [2.45, 2.75) is 26.9 Å². The number of hydrogen-bond acceptors (Lipinski definition) is 3. The van der Waals surface area contributed by atoms with Crippen molar-refractivity contribution >= 4 is 10.9 Å². The fraction of sp³-hybridized carbons (Fsp3) is 0.312. The molecule has 0 aliphatic rings. The third-order valence-electron chi connectivity index (χ3n) is 3.74. The number of rotatable bonds is 4. The van der Waals surface area contributed by atoms with E-state index < -0.39 is 0 Å². The Labute approximate surface area is 118 Å². The molecule has 4 nitrogen and oxygen atoms in total. The molecule has 3 aromatic rings. The van der Waals surface area contributed by atoms with Crippen molar-refractivity contribution < 1.29 is 4.42 Å². The van der Waals surface area contributed by atoms with Gasteiger partial charge in [-0.25, -0.2) is 4.98 Å². The van der Waals surface area contributed by atoms with Crippen LogP contribution in [0.25, 0.3) is 10.9 Å². The van der Waals surface area contributed by atoms with Gasteiger partial charge in [-0.3, -0.25) is 0 Å². The van der Waals surface area contributed by atoms with E-state index in [1.54, 1.807) is 6.20 Å². The molecule has 104 valence electrons. The zero-order valence-electron chi connectivity index (χ0n) is 12.1. The second-order valence-corrected chi connectivity index (χ2v) is 5.12. The van der Waals surface area contributed by atoms with Gasteiger partial charge in [0.25, 0.3) is 0 Å². The van der Waals surface area contributed by atoms with Gasteiger partial charge in [0.1, 0.15) is 5.76 Å². The molecule has 0 fully saturated rings. The van der Waals surface area contributed by atoms with Gasteiger partial charge in [-0.2, -0.15) is 0 Å². The summed E-state index contributed by atoms with van der Waals surface area (Å²) in [7, 11) is 2.11. The molecule has 20 heavy (non-hydrogen) atoms. The molecule has 4 heteroatoms. The van der Waals surface area contributed by atoms with Gasteiger partial charge < -0.3 is 14.3 Å². The molecule has 0 aliphatic heterocycles. The number of para-hydroxylation sites is 1. The lowest BCUT2D eigenvalue weighted by Gasteiger charge is -2.06. The lowest BCUT2D eigenvalue weighted by molar-refractivity contribution is 0.447. The van der Waals surface area contributed by atoms with E-state index in [0.29, 0.717) is 6.54 Å². The molecular formula is C16H19N3O. The van der Waals surface area contributed by atoms with Crippen LogP contribution >= 0.6 is 0 Å². The topological polar surface area (TPSA) is 43.0 Å². The second-order valence-electron chi connectivity index (χ2n) is 5.12. The Kier molecular flexibility index (Phi) is 3.32. The van der Waals surface area contributed by atoms with Crippen LogP contribution in [-0.2, 0) is 20.1 Å². The molecule has 0 saturated carbocycles. The maximum absolute atomic E-state index is 5.46. The molecule has 2 heterocycles. The Hall–Kier alpha value is -2.07. The average molecular weight is 269 g/mol. The van der Waals surface area contributed by atoms with E-state index in [-0.39, 0.29) is 0 Å². The molecule has 1 aromatic carbocycles. The molecule has 0 radical (unpaired) electrons. The number of nitrogens with zero attached hydrogens (tertiary/aromatic N) is 2. The normalized spacial score (nSPS) is 11.3. The first kappa shape index (κ1) is 12.9. The predicted octanol–water partition coefficient (Wildman–Crippen LogP) is 3.07. The number of nitrogens with one attached hydrogen (secondary N) is 1. The molecule has 0 bridgehead atoms. The number of aryl methyl sites for hydroxylation is 3. The first-order valence-electron chi connectivity index (χ1n) is 6.81. The summed E-state index contributed by atoms with van der Waals surface area (Å²) in [5.41, 5.74) is 3.91. The Morgan fingerprint density at radius 2 is 2.00 bits per heavy atom. The zero-order valence-corrected chi connectivity index (χ0v) is 12.1. The van der Waals surface area contributed by atoms with Crippen molar-refractivity contribution in [2.75, 3.05) is 0 Å². The highest BCUT2D eigenvalue weighted by Crippen LogP contribution is 2.24. The molecule has 1 N–H and O–H groups in total. The van der Waals surface area contributed by atoms with E-state index in [2.05, 4.69) is 53.1 Å². The smallest absolute Gasteiger partial charge is 0.208 e. The molecule has 2 aromatic heterocycles. The fourth-order valence-corrected chi connectivity index (χ4v) is 2.66. The quantitative estimate of drug-likeness (QED) is 0.791. The zero-order chi connectivity index (χ0) is 14.1. The summed E-state index contributed by atoms with van der Waals surface area (Å²) in [5.74, 6) is 1.58. The van der Waals surface area contributed by atoms with E-state index in [1.807, 2.05) is 6.92 Å². The van der Waals surface area contributed by atoms with Gasteiger partial charge in [-0.15, -0.1) is 0 Å². The van der Waals surface area contributed by atoms with Crippen molar-refractivity contribution in [1.82, 2.24) is 14.9 Å². The van der Waals surface area contributed by atoms with Crippen molar-refractivity contribution in [3.05, 3.63) is 53.4 Å². The van der Waals surface area contributed by atoms with Crippen LogP contribution in [0, 0.1) is 13.8 Å². The molecule has 0 unspecified atom stereocenters. The maximum atomic E-state index is 5.46. The summed E-state index contributed by atoms with van der Waals surface area (Å²) in [5, 5.41) is 4.72. The van der Waals surface area contributed by atoms with Crippen molar-refractivity contribution in [1.29, 1.82) is 0 Å². The standard InChI is InChI=1S/C16H19N3O/c1-11-8-18-16(20-11)10-17-9-15-12(2)13-6-4-5-7-14(13)19(15)3/h4-8,17H,9-10H2,1-3H3. The maximum Gasteiger partial charge on any atom is 0.208 e. The predicted molar refractivity (Wildman–Crippen MR) is 79.4 cm³/mol. The van der Waals surface area contributed by atoms with Crippen LogP contribution in [0.5, 0.6) is 0 Å². The largest absolute Gasteiger partial charge is 0.445 e. The van der Waals surface area contributed by atoms with E-state index in [9.17, 15) is 0 Å². The number of fused-ring (bicyclic) bond motifs is 1. The third-order valence-corrected chi connectivity index (χ3v) is 3.74. The van der Waals surface area contributed by atoms with E-state index >= 15 is 0 Å². The van der Waals surface area contributed by atoms with E-state index in [0.717, 1.165) is 18.2 Å². The number of benzene rings is 1. The highest BCUT2D eigenvalue weighted by molar-refractivity contribution is 5.85. The van der Waals surface area contributed by atoms with Gasteiger partial charge in [-0.1, -0.05) is 18.2 Å². The highest BCUT2D eigenvalue weighted by Gasteiger charge is 2.10. The Balaban J connectivity index is 1.77. The monoisotopic (exact) mass is 269 g/mol. The SMILES string of the molecule is Cc1cnc(CNCc2c(C)c3ccccc3n2C)o1. The number of hydrogen-bond donors (Lipinski definition) is 1. The molecular weight excluding hydrogens is 250 g/mol. The fourth-order valence-electron chi connectivity index (χ4n) is 2.66. The van der Waals surface area contributed by atoms with Gasteiger partial charge in [0.05, 0.1) is 12.7 Å². The van der Waals surface area contributed by atoms with Crippen molar-refractivity contribution in [2.24, 2.45) is 7.05 Å². The van der Waals surface area contributed by atoms with Gasteiger partial charge in [0, 0.05) is 30.2 Å². The summed E-state index contributed by atoms with van der Waals surface area (Å²) in [6.07, 6.45) is 1.75. The highest BCUT2D eigenvalue weighted by atomic mass is 16.4. The first-order chi connectivity index (χ1) is 9.66. The summed E-state index contributed by atoms with van der Waals surface area (Å²) >= 11 is 0. The molecule has 0 saturated heterocycles. The molecule has 3 rings (SSSR count). The van der Waals surface area contributed by atoms with E-state index in [4.69, 9.17) is 4.42 Å². The Morgan fingerprint density at radius 3 is 2.70 bits per heavy atom. The second kappa shape index (κ2) is 5.13. The lowest BCUT2D eigenvalue weighted by Crippen LogP contribution is -2.15. The van der Waals surface area contributed by atoms with E-state index in [1.165, 1.54) is 22.2 Å². The number of aromatic nitrogens is 2. The van der Waals surface area contributed by atoms with Gasteiger partial charge in [0.2, 0.25) is 5.89 Å². The minimum absolute atomic E-state index is 0.648. The molecule has 0 aliphatic carbocycles. The third kappa shape index (κ3) is 2.23. The summed E-state index contributed by atoms with van der Waals surface area (Å²) in [4.78, 5) is 4.20. The average Bonchev–Trinajstić information content (AvgIpc) is 2.97. The van der Waals surface area contributed by atoms with Crippen LogP contribution in [0.4, 0.5) is 0 Å². The minimum Gasteiger partial charge on any atom is -0.445 e. The molecule has 0 amide bonds. The van der Waals surface area contributed by atoms with Crippen LogP contribution < -0.4 is 5.32 Å². The molecule has 0 atom stereocenters. The van der Waals surface area contributed by atoms with Crippen molar-refractivity contribution in [3.63, 3.8) is 0 Å². The van der Waals surface area contributed by atoms with Crippen LogP contribution in [0.1, 0.15) is 22.9 Å². The summed E-state index contributed by atoms with van der Waals surface area (Å²) in [6.45, 7) is 5.53. The van der Waals surface area contributed by atoms with Crippen molar-refractivity contribution in [3.8, 4) is 0 Å². The van der Waals surface area contributed by atoms with Crippen LogP contribution in [0.2, 0.25) is 0 Å².